The van der Waals surface area contributed by atoms with Crippen LogP contribution in [-0.2, 0) is 9.53 Å². The van der Waals surface area contributed by atoms with Crippen LogP contribution >= 0.6 is 0 Å². The van der Waals surface area contributed by atoms with Gasteiger partial charge in [-0.05, 0) is 25.3 Å². The zero-order valence-corrected chi connectivity index (χ0v) is 14.2. The summed E-state index contributed by atoms with van der Waals surface area (Å²) in [7, 11) is 0. The van der Waals surface area contributed by atoms with Crippen molar-refractivity contribution in [3.63, 3.8) is 0 Å². The summed E-state index contributed by atoms with van der Waals surface area (Å²) in [5.74, 6) is -0.0549. The number of benzene rings is 1. The molecule has 1 unspecified atom stereocenters. The van der Waals surface area contributed by atoms with Crippen LogP contribution in [0.1, 0.15) is 57.1 Å². The molecule has 4 heteroatoms. The van der Waals surface area contributed by atoms with Crippen molar-refractivity contribution in [1.29, 1.82) is 0 Å². The Balaban J connectivity index is 1.73. The minimum absolute atomic E-state index is 0.0549. The molecular formula is C19H30N2O2. The average Bonchev–Trinajstić information content (AvgIpc) is 2.86. The van der Waals surface area contributed by atoms with Crippen LogP contribution in [0.25, 0.3) is 0 Å². The van der Waals surface area contributed by atoms with E-state index in [2.05, 4.69) is 10.6 Å². The summed E-state index contributed by atoms with van der Waals surface area (Å²) in [6.07, 6.45) is 7.39. The van der Waals surface area contributed by atoms with Gasteiger partial charge in [0.05, 0.1) is 0 Å². The van der Waals surface area contributed by atoms with Gasteiger partial charge in [-0.3, -0.25) is 4.79 Å². The van der Waals surface area contributed by atoms with Crippen molar-refractivity contribution in [2.75, 3.05) is 19.7 Å². The maximum atomic E-state index is 12.4. The fraction of sp³-hybridized carbons (Fsp3) is 0.632. The fourth-order valence-electron chi connectivity index (χ4n) is 3.16. The van der Waals surface area contributed by atoms with E-state index >= 15 is 0 Å². The van der Waals surface area contributed by atoms with E-state index < -0.39 is 6.10 Å². The predicted molar refractivity (Wildman–Crippen MR) is 93.3 cm³/mol. The van der Waals surface area contributed by atoms with Gasteiger partial charge in [0.25, 0.3) is 5.91 Å². The van der Waals surface area contributed by atoms with Crippen molar-refractivity contribution in [3.05, 3.63) is 35.9 Å². The number of rotatable bonds is 8. The van der Waals surface area contributed by atoms with Crippen molar-refractivity contribution in [2.45, 2.75) is 57.6 Å². The van der Waals surface area contributed by atoms with Gasteiger partial charge >= 0.3 is 0 Å². The minimum Gasteiger partial charge on any atom is -0.364 e. The first-order chi connectivity index (χ1) is 11.3. The first kappa shape index (κ1) is 18.0. The highest BCUT2D eigenvalue weighted by Gasteiger charge is 2.20. The third-order valence-corrected chi connectivity index (χ3v) is 4.39. The third-order valence-electron chi connectivity index (χ3n) is 4.39. The van der Waals surface area contributed by atoms with Crippen LogP contribution in [0.2, 0.25) is 0 Å². The Morgan fingerprint density at radius 2 is 1.83 bits per heavy atom. The van der Waals surface area contributed by atoms with Crippen LogP contribution in [0.15, 0.2) is 30.3 Å². The molecule has 1 aliphatic rings. The summed E-state index contributed by atoms with van der Waals surface area (Å²) in [6.45, 7) is 3.90. The zero-order chi connectivity index (χ0) is 16.3. The monoisotopic (exact) mass is 318 g/mol. The molecule has 2 rings (SSSR count). The lowest BCUT2D eigenvalue weighted by molar-refractivity contribution is -0.132. The van der Waals surface area contributed by atoms with Gasteiger partial charge in [-0.2, -0.15) is 0 Å². The second-order valence-corrected chi connectivity index (χ2v) is 6.18. The van der Waals surface area contributed by atoms with E-state index in [9.17, 15) is 4.79 Å². The highest BCUT2D eigenvalue weighted by Crippen LogP contribution is 2.18. The smallest absolute Gasteiger partial charge is 0.253 e. The number of amides is 1. The molecule has 2 N–H and O–H groups in total. The van der Waals surface area contributed by atoms with Crippen molar-refractivity contribution < 1.29 is 9.53 Å². The van der Waals surface area contributed by atoms with Gasteiger partial charge < -0.3 is 15.4 Å². The van der Waals surface area contributed by atoms with Gasteiger partial charge in [0.1, 0.15) is 0 Å². The molecule has 1 aromatic carbocycles. The molecule has 0 heterocycles. The highest BCUT2D eigenvalue weighted by molar-refractivity contribution is 5.82. The van der Waals surface area contributed by atoms with Crippen molar-refractivity contribution in [2.24, 2.45) is 0 Å². The van der Waals surface area contributed by atoms with Crippen LogP contribution < -0.4 is 10.6 Å². The third kappa shape index (κ3) is 6.32. The zero-order valence-electron chi connectivity index (χ0n) is 14.2. The average molecular weight is 318 g/mol. The summed E-state index contributed by atoms with van der Waals surface area (Å²) < 4.78 is 5.62. The number of hydrogen-bond acceptors (Lipinski definition) is 3. The molecule has 1 fully saturated rings. The lowest BCUT2D eigenvalue weighted by atomic mass is 10.1. The normalized spacial score (nSPS) is 17.4. The number of ether oxygens (including phenoxy) is 1. The van der Waals surface area contributed by atoms with E-state index in [1.165, 1.54) is 38.5 Å². The van der Waals surface area contributed by atoms with Crippen LogP contribution in [0.4, 0.5) is 0 Å². The van der Waals surface area contributed by atoms with Gasteiger partial charge in [0.2, 0.25) is 0 Å². The standard InChI is InChI=1S/C19H30N2O2/c1-2-23-18(16-10-6-5-7-11-16)19(22)21-15-14-20-17-12-8-3-4-9-13-17/h5-7,10-11,17-18,20H,2-4,8-9,12-15H2,1H3,(H,21,22). The molecule has 0 saturated heterocycles. The fourth-order valence-corrected chi connectivity index (χ4v) is 3.16. The van der Waals surface area contributed by atoms with Gasteiger partial charge in [-0.25, -0.2) is 0 Å². The van der Waals surface area contributed by atoms with Crippen molar-refractivity contribution >= 4 is 5.91 Å². The summed E-state index contributed by atoms with van der Waals surface area (Å²) in [5, 5.41) is 6.57. The Morgan fingerprint density at radius 3 is 2.48 bits per heavy atom. The summed E-state index contributed by atoms with van der Waals surface area (Å²) in [6, 6.07) is 10.3. The summed E-state index contributed by atoms with van der Waals surface area (Å²) in [4.78, 5) is 12.4. The molecule has 1 saturated carbocycles. The maximum Gasteiger partial charge on any atom is 0.253 e. The SMILES string of the molecule is CCOC(C(=O)NCCNC1CCCCCC1)c1ccccc1. The van der Waals surface area contributed by atoms with Crippen LogP contribution in [0.3, 0.4) is 0 Å². The Hall–Kier alpha value is -1.39. The molecular weight excluding hydrogens is 288 g/mol. The number of carbonyl (C=O) groups excluding carboxylic acids is 1. The lowest BCUT2D eigenvalue weighted by Crippen LogP contribution is -2.39. The molecule has 0 aromatic heterocycles. The van der Waals surface area contributed by atoms with Gasteiger partial charge in [-0.15, -0.1) is 0 Å². The molecule has 0 radical (unpaired) electrons. The summed E-state index contributed by atoms with van der Waals surface area (Å²) >= 11 is 0. The first-order valence-corrected chi connectivity index (χ1v) is 8.99. The van der Waals surface area contributed by atoms with Crippen LogP contribution in [-0.4, -0.2) is 31.6 Å². The molecule has 0 bridgehead atoms. The molecule has 0 spiro atoms. The minimum atomic E-state index is -0.515. The Morgan fingerprint density at radius 1 is 1.13 bits per heavy atom. The number of nitrogens with one attached hydrogen (secondary N) is 2. The van der Waals surface area contributed by atoms with Gasteiger partial charge in [0.15, 0.2) is 6.10 Å². The van der Waals surface area contributed by atoms with Gasteiger partial charge in [0, 0.05) is 25.7 Å². The topological polar surface area (TPSA) is 50.4 Å². The summed E-state index contributed by atoms with van der Waals surface area (Å²) in [5.41, 5.74) is 0.906. The second-order valence-electron chi connectivity index (χ2n) is 6.18. The number of carbonyl (C=O) groups is 1. The first-order valence-electron chi connectivity index (χ1n) is 8.99. The molecule has 1 aliphatic carbocycles. The molecule has 4 nitrogen and oxygen atoms in total. The quantitative estimate of drug-likeness (QED) is 0.572. The van der Waals surface area contributed by atoms with Crippen molar-refractivity contribution in [3.8, 4) is 0 Å². The van der Waals surface area contributed by atoms with Gasteiger partial charge in [-0.1, -0.05) is 56.0 Å². The van der Waals surface area contributed by atoms with E-state index in [0.717, 1.165) is 12.1 Å². The van der Waals surface area contributed by atoms with E-state index in [0.29, 0.717) is 19.2 Å². The molecule has 0 aliphatic heterocycles. The molecule has 1 aromatic rings. The largest absolute Gasteiger partial charge is 0.364 e. The Kier molecular flexibility index (Phi) is 8.12. The van der Waals surface area contributed by atoms with Crippen LogP contribution in [0.5, 0.6) is 0 Å². The second kappa shape index (κ2) is 10.4. The molecule has 128 valence electrons. The van der Waals surface area contributed by atoms with E-state index in [4.69, 9.17) is 4.74 Å². The molecule has 1 amide bonds. The lowest BCUT2D eigenvalue weighted by Gasteiger charge is -2.19. The van der Waals surface area contributed by atoms with E-state index in [-0.39, 0.29) is 5.91 Å². The van der Waals surface area contributed by atoms with E-state index in [1.807, 2.05) is 37.3 Å². The molecule has 1 atom stereocenters. The van der Waals surface area contributed by atoms with Crippen molar-refractivity contribution in [1.82, 2.24) is 10.6 Å². The highest BCUT2D eigenvalue weighted by atomic mass is 16.5. The number of hydrogen-bond donors (Lipinski definition) is 2. The van der Waals surface area contributed by atoms with E-state index in [1.54, 1.807) is 0 Å². The predicted octanol–water partition coefficient (Wildman–Crippen LogP) is 3.19. The maximum absolute atomic E-state index is 12.4. The Labute approximate surface area is 140 Å². The molecule has 23 heavy (non-hydrogen) atoms. The Bertz CT molecular complexity index is 442. The van der Waals surface area contributed by atoms with Crippen LogP contribution in [0, 0.1) is 0 Å².